The van der Waals surface area contributed by atoms with Crippen LogP contribution in [0.25, 0.3) is 0 Å². The molecular formula is C13H19N3O3S2. The maximum atomic E-state index is 12.0. The van der Waals surface area contributed by atoms with Crippen molar-refractivity contribution in [2.45, 2.75) is 25.8 Å². The Labute approximate surface area is 132 Å². The third kappa shape index (κ3) is 4.41. The monoisotopic (exact) mass is 329 g/mol. The van der Waals surface area contributed by atoms with Crippen molar-refractivity contribution in [3.8, 4) is 0 Å². The number of hydrogen-bond donors (Lipinski definition) is 2. The van der Waals surface area contributed by atoms with Crippen molar-refractivity contribution in [2.24, 2.45) is 4.99 Å². The van der Waals surface area contributed by atoms with Crippen LogP contribution in [-0.4, -0.2) is 57.7 Å². The lowest BCUT2D eigenvalue weighted by Gasteiger charge is -2.18. The van der Waals surface area contributed by atoms with Crippen LogP contribution in [0.5, 0.6) is 0 Å². The van der Waals surface area contributed by atoms with Gasteiger partial charge in [0.15, 0.2) is 5.17 Å². The summed E-state index contributed by atoms with van der Waals surface area (Å²) in [6.07, 6.45) is 0.653. The molecule has 0 saturated heterocycles. The molecule has 6 nitrogen and oxygen atoms in total. The van der Waals surface area contributed by atoms with E-state index in [-0.39, 0.29) is 12.3 Å². The molecule has 0 aromatic carbocycles. The molecule has 1 amide bonds. The number of fused-ring (bicyclic) bond motifs is 1. The molecule has 0 radical (unpaired) electrons. The number of thioether (sulfide) groups is 2. The SMILES string of the molecule is CCSCCC(NC(=O)CC1=CSC2=NCCN12)C(=O)O. The van der Waals surface area contributed by atoms with Crippen LogP contribution in [0, 0.1) is 0 Å². The normalized spacial score (nSPS) is 18.0. The number of nitrogens with zero attached hydrogens (tertiary/aromatic N) is 2. The number of aliphatic imine (C=N–C) groups is 1. The number of carbonyl (C=O) groups excluding carboxylic acids is 1. The number of carboxylic acids is 1. The minimum Gasteiger partial charge on any atom is -0.480 e. The standard InChI is InChI=1S/C13H19N3O3S2/c1-2-20-6-3-10(12(18)19)15-11(17)7-9-8-21-13-14-4-5-16(9)13/h8,10H,2-7H2,1H3,(H,15,17)(H,18,19). The minimum absolute atomic E-state index is 0.205. The molecule has 21 heavy (non-hydrogen) atoms. The Kier molecular flexibility index (Phi) is 5.98. The van der Waals surface area contributed by atoms with E-state index in [4.69, 9.17) is 5.11 Å². The van der Waals surface area contributed by atoms with E-state index in [9.17, 15) is 9.59 Å². The van der Waals surface area contributed by atoms with Crippen LogP contribution in [0.3, 0.4) is 0 Å². The Hall–Kier alpha value is -1.15. The fourth-order valence-electron chi connectivity index (χ4n) is 2.13. The second kappa shape index (κ2) is 7.74. The third-order valence-electron chi connectivity index (χ3n) is 3.18. The summed E-state index contributed by atoms with van der Waals surface area (Å²) in [5, 5.41) is 14.6. The summed E-state index contributed by atoms with van der Waals surface area (Å²) in [7, 11) is 0. The number of amides is 1. The second-order valence-corrected chi connectivity index (χ2v) is 6.89. The Balaban J connectivity index is 1.82. The molecule has 0 aliphatic carbocycles. The molecule has 116 valence electrons. The topological polar surface area (TPSA) is 82.0 Å². The first kappa shape index (κ1) is 16.2. The fourth-order valence-corrected chi connectivity index (χ4v) is 3.77. The Bertz CT molecular complexity index is 479. The fraction of sp³-hybridized carbons (Fsp3) is 0.615. The molecule has 1 atom stereocenters. The van der Waals surface area contributed by atoms with Crippen LogP contribution < -0.4 is 5.32 Å². The molecule has 2 aliphatic heterocycles. The lowest BCUT2D eigenvalue weighted by atomic mass is 10.2. The first-order valence-corrected chi connectivity index (χ1v) is 8.93. The lowest BCUT2D eigenvalue weighted by molar-refractivity contribution is -0.141. The van der Waals surface area contributed by atoms with Gasteiger partial charge in [-0.1, -0.05) is 18.7 Å². The van der Waals surface area contributed by atoms with Gasteiger partial charge in [-0.25, -0.2) is 4.79 Å². The van der Waals surface area contributed by atoms with E-state index in [2.05, 4.69) is 10.3 Å². The van der Waals surface area contributed by atoms with Gasteiger partial charge in [0.1, 0.15) is 6.04 Å². The molecule has 2 aliphatic rings. The van der Waals surface area contributed by atoms with Gasteiger partial charge >= 0.3 is 5.97 Å². The zero-order valence-corrected chi connectivity index (χ0v) is 13.5. The van der Waals surface area contributed by atoms with Crippen molar-refractivity contribution in [3.05, 3.63) is 11.1 Å². The highest BCUT2D eigenvalue weighted by Crippen LogP contribution is 2.30. The maximum Gasteiger partial charge on any atom is 0.326 e. The second-order valence-electron chi connectivity index (χ2n) is 4.66. The summed E-state index contributed by atoms with van der Waals surface area (Å²) in [6.45, 7) is 3.59. The van der Waals surface area contributed by atoms with E-state index < -0.39 is 12.0 Å². The van der Waals surface area contributed by atoms with E-state index in [0.717, 1.165) is 35.5 Å². The van der Waals surface area contributed by atoms with Gasteiger partial charge in [-0.3, -0.25) is 9.79 Å². The summed E-state index contributed by atoms with van der Waals surface area (Å²) in [6, 6.07) is -0.807. The molecule has 0 fully saturated rings. The van der Waals surface area contributed by atoms with Crippen molar-refractivity contribution in [2.75, 3.05) is 24.6 Å². The number of rotatable bonds is 8. The summed E-state index contributed by atoms with van der Waals surface area (Å²) in [4.78, 5) is 29.6. The van der Waals surface area contributed by atoms with Gasteiger partial charge < -0.3 is 15.3 Å². The summed E-state index contributed by atoms with van der Waals surface area (Å²) in [5.41, 5.74) is 0.904. The average molecular weight is 329 g/mol. The Morgan fingerprint density at radius 3 is 3.14 bits per heavy atom. The highest BCUT2D eigenvalue weighted by atomic mass is 32.2. The number of carboxylic acid groups (broad SMARTS) is 1. The summed E-state index contributed by atoms with van der Waals surface area (Å²) < 4.78 is 0. The van der Waals surface area contributed by atoms with Gasteiger partial charge in [-0.15, -0.1) is 0 Å². The minimum atomic E-state index is -0.974. The number of amidine groups is 1. The molecule has 1 unspecified atom stereocenters. The largest absolute Gasteiger partial charge is 0.480 e. The predicted molar refractivity (Wildman–Crippen MR) is 86.5 cm³/mol. The number of aliphatic carboxylic acids is 1. The van der Waals surface area contributed by atoms with Crippen LogP contribution in [0.2, 0.25) is 0 Å². The molecule has 0 aromatic rings. The van der Waals surface area contributed by atoms with Crippen LogP contribution in [0.4, 0.5) is 0 Å². The molecule has 0 spiro atoms. The van der Waals surface area contributed by atoms with E-state index in [1.807, 2.05) is 17.2 Å². The first-order chi connectivity index (χ1) is 10.1. The Morgan fingerprint density at radius 1 is 1.62 bits per heavy atom. The smallest absolute Gasteiger partial charge is 0.326 e. The van der Waals surface area contributed by atoms with Crippen molar-refractivity contribution >= 4 is 40.6 Å². The van der Waals surface area contributed by atoms with Gasteiger partial charge in [0, 0.05) is 12.2 Å². The van der Waals surface area contributed by atoms with E-state index in [1.165, 1.54) is 11.8 Å². The molecular weight excluding hydrogens is 310 g/mol. The van der Waals surface area contributed by atoms with E-state index in [0.29, 0.717) is 6.42 Å². The van der Waals surface area contributed by atoms with Crippen LogP contribution in [-0.2, 0) is 9.59 Å². The third-order valence-corrected chi connectivity index (χ3v) is 5.06. The van der Waals surface area contributed by atoms with E-state index in [1.54, 1.807) is 11.8 Å². The zero-order valence-electron chi connectivity index (χ0n) is 11.9. The molecule has 8 heteroatoms. The van der Waals surface area contributed by atoms with Crippen LogP contribution in [0.15, 0.2) is 16.1 Å². The average Bonchev–Trinajstić information content (AvgIpc) is 3.03. The van der Waals surface area contributed by atoms with Gasteiger partial charge in [-0.05, 0) is 23.3 Å². The highest BCUT2D eigenvalue weighted by molar-refractivity contribution is 8.16. The molecule has 0 bridgehead atoms. The van der Waals surface area contributed by atoms with E-state index >= 15 is 0 Å². The van der Waals surface area contributed by atoms with Crippen molar-refractivity contribution < 1.29 is 14.7 Å². The molecule has 2 heterocycles. The van der Waals surface area contributed by atoms with Crippen LogP contribution in [0.1, 0.15) is 19.8 Å². The predicted octanol–water partition coefficient (Wildman–Crippen LogP) is 1.35. The quantitative estimate of drug-likeness (QED) is 0.654. The first-order valence-electron chi connectivity index (χ1n) is 6.89. The lowest BCUT2D eigenvalue weighted by Crippen LogP contribution is -2.41. The van der Waals surface area contributed by atoms with Gasteiger partial charge in [-0.2, -0.15) is 11.8 Å². The number of hydrogen-bond acceptors (Lipinski definition) is 6. The summed E-state index contributed by atoms with van der Waals surface area (Å²) >= 11 is 3.19. The molecule has 2 rings (SSSR count). The Morgan fingerprint density at radius 2 is 2.43 bits per heavy atom. The zero-order chi connectivity index (χ0) is 15.2. The number of nitrogens with one attached hydrogen (secondary N) is 1. The molecule has 2 N–H and O–H groups in total. The van der Waals surface area contributed by atoms with Gasteiger partial charge in [0.25, 0.3) is 0 Å². The van der Waals surface area contributed by atoms with Crippen molar-refractivity contribution in [3.63, 3.8) is 0 Å². The van der Waals surface area contributed by atoms with Crippen molar-refractivity contribution in [1.29, 1.82) is 0 Å². The molecule has 0 saturated carbocycles. The summed E-state index contributed by atoms with van der Waals surface area (Å²) in [5.74, 6) is 0.457. The van der Waals surface area contributed by atoms with Crippen LogP contribution >= 0.6 is 23.5 Å². The molecule has 0 aromatic heterocycles. The van der Waals surface area contributed by atoms with Gasteiger partial charge in [0.05, 0.1) is 13.0 Å². The maximum absolute atomic E-state index is 12.0. The number of carbonyl (C=O) groups is 2. The highest BCUT2D eigenvalue weighted by Gasteiger charge is 2.28. The van der Waals surface area contributed by atoms with Crippen molar-refractivity contribution in [1.82, 2.24) is 10.2 Å². The van der Waals surface area contributed by atoms with Gasteiger partial charge in [0.2, 0.25) is 5.91 Å².